The second-order valence-corrected chi connectivity index (χ2v) is 9.60. The van der Waals surface area contributed by atoms with Crippen LogP contribution in [0.25, 0.3) is 6.08 Å². The van der Waals surface area contributed by atoms with Crippen LogP contribution in [-0.2, 0) is 19.7 Å². The van der Waals surface area contributed by atoms with Gasteiger partial charge < -0.3 is 8.92 Å². The first kappa shape index (κ1) is 25.5. The van der Waals surface area contributed by atoms with Crippen molar-refractivity contribution < 1.29 is 31.9 Å². The van der Waals surface area contributed by atoms with Crippen molar-refractivity contribution in [1.82, 2.24) is 5.32 Å². The summed E-state index contributed by atoms with van der Waals surface area (Å²) in [5.41, 5.74) is -0.708. The molecule has 1 aliphatic rings. The lowest BCUT2D eigenvalue weighted by atomic mass is 10.1. The standard InChI is InChI=1S/C24H17N3O8S2/c1-37(32,33)35-21-12-9-17(27(30)31)13-15(21)14-20-22(28)25-24(36)26(23(20)29)16-7-10-19(11-8-16)34-18-5-3-2-4-6-18/h2-14H,1H3,(H,25,28,36)/b20-14+. The van der Waals surface area contributed by atoms with Crippen molar-refractivity contribution in [3.05, 3.63) is 94.0 Å². The van der Waals surface area contributed by atoms with Crippen molar-refractivity contribution in [3.8, 4) is 17.2 Å². The molecule has 0 aliphatic carbocycles. The van der Waals surface area contributed by atoms with Gasteiger partial charge in [-0.2, -0.15) is 8.42 Å². The van der Waals surface area contributed by atoms with Gasteiger partial charge in [-0.25, -0.2) is 0 Å². The van der Waals surface area contributed by atoms with E-state index in [0.29, 0.717) is 17.2 Å². The topological polar surface area (TPSA) is 145 Å². The molecule has 11 nitrogen and oxygen atoms in total. The number of benzene rings is 3. The van der Waals surface area contributed by atoms with Gasteiger partial charge in [-0.15, -0.1) is 0 Å². The number of para-hydroxylation sites is 1. The van der Waals surface area contributed by atoms with Gasteiger partial charge in [-0.3, -0.25) is 29.9 Å². The number of amides is 2. The number of anilines is 1. The number of rotatable bonds is 7. The van der Waals surface area contributed by atoms with Crippen molar-refractivity contribution in [2.24, 2.45) is 0 Å². The molecule has 0 bridgehead atoms. The van der Waals surface area contributed by atoms with Gasteiger partial charge in [0.1, 0.15) is 22.8 Å². The minimum absolute atomic E-state index is 0.169. The predicted octanol–water partition coefficient (Wildman–Crippen LogP) is 3.56. The zero-order valence-corrected chi connectivity index (χ0v) is 20.6. The number of hydrogen-bond acceptors (Lipinski definition) is 9. The fraction of sp³-hybridized carbons (Fsp3) is 0.0417. The van der Waals surface area contributed by atoms with Crippen LogP contribution in [0, 0.1) is 10.1 Å². The van der Waals surface area contributed by atoms with E-state index < -0.39 is 38.1 Å². The average Bonchev–Trinajstić information content (AvgIpc) is 2.83. The van der Waals surface area contributed by atoms with Crippen LogP contribution in [0.3, 0.4) is 0 Å². The van der Waals surface area contributed by atoms with Crippen molar-refractivity contribution in [2.75, 3.05) is 11.2 Å². The van der Waals surface area contributed by atoms with E-state index in [9.17, 15) is 28.1 Å². The van der Waals surface area contributed by atoms with Crippen molar-refractivity contribution >= 4 is 56.7 Å². The van der Waals surface area contributed by atoms with E-state index in [-0.39, 0.29) is 16.4 Å². The molecular formula is C24H17N3O8S2. The maximum Gasteiger partial charge on any atom is 0.306 e. The molecule has 0 radical (unpaired) electrons. The molecule has 1 saturated heterocycles. The Morgan fingerprint density at radius 1 is 1.00 bits per heavy atom. The zero-order valence-electron chi connectivity index (χ0n) is 19.0. The van der Waals surface area contributed by atoms with E-state index >= 15 is 0 Å². The first-order valence-electron chi connectivity index (χ1n) is 10.4. The Labute approximate surface area is 216 Å². The van der Waals surface area contributed by atoms with Crippen LogP contribution in [0.4, 0.5) is 11.4 Å². The van der Waals surface area contributed by atoms with Crippen LogP contribution in [0.2, 0.25) is 0 Å². The van der Waals surface area contributed by atoms with Crippen molar-refractivity contribution in [2.45, 2.75) is 0 Å². The molecular weight excluding hydrogens is 522 g/mol. The van der Waals surface area contributed by atoms with Gasteiger partial charge in [0, 0.05) is 17.7 Å². The van der Waals surface area contributed by atoms with Gasteiger partial charge in [0.15, 0.2) is 5.11 Å². The summed E-state index contributed by atoms with van der Waals surface area (Å²) in [6.45, 7) is 0. The number of non-ortho nitro benzene ring substituents is 1. The fourth-order valence-corrected chi connectivity index (χ4v) is 4.10. The quantitative estimate of drug-likeness (QED) is 0.119. The van der Waals surface area contributed by atoms with Gasteiger partial charge >= 0.3 is 10.1 Å². The number of nitro benzene ring substituents is 1. The maximum atomic E-state index is 13.3. The van der Waals surface area contributed by atoms with Crippen LogP contribution >= 0.6 is 12.2 Å². The third-order valence-electron chi connectivity index (χ3n) is 4.92. The monoisotopic (exact) mass is 539 g/mol. The Kier molecular flexibility index (Phi) is 7.00. The number of hydrogen-bond donors (Lipinski definition) is 1. The largest absolute Gasteiger partial charge is 0.457 e. The summed E-state index contributed by atoms with van der Waals surface area (Å²) in [5, 5.41) is 13.4. The normalized spacial score (nSPS) is 14.9. The fourth-order valence-electron chi connectivity index (χ4n) is 3.34. The summed E-state index contributed by atoms with van der Waals surface area (Å²) < 4.78 is 33.9. The SMILES string of the molecule is CS(=O)(=O)Oc1ccc([N+](=O)[O-])cc1/C=C1\C(=O)NC(=S)N(c2ccc(Oc3ccccc3)cc2)C1=O. The number of carbonyl (C=O) groups is 2. The number of ether oxygens (including phenoxy) is 1. The summed E-state index contributed by atoms with van der Waals surface area (Å²) in [7, 11) is -4.02. The van der Waals surface area contributed by atoms with E-state index in [1.54, 1.807) is 36.4 Å². The Morgan fingerprint density at radius 3 is 2.27 bits per heavy atom. The molecule has 1 N–H and O–H groups in total. The molecule has 0 atom stereocenters. The Morgan fingerprint density at radius 2 is 1.65 bits per heavy atom. The molecule has 0 unspecified atom stereocenters. The second kappa shape index (κ2) is 10.2. The molecule has 1 heterocycles. The zero-order chi connectivity index (χ0) is 26.7. The van der Waals surface area contributed by atoms with E-state index in [0.717, 1.165) is 35.4 Å². The lowest BCUT2D eigenvalue weighted by molar-refractivity contribution is -0.384. The molecule has 0 spiro atoms. The molecule has 0 aromatic heterocycles. The molecule has 37 heavy (non-hydrogen) atoms. The number of nitrogens with zero attached hydrogens (tertiary/aromatic N) is 2. The second-order valence-electron chi connectivity index (χ2n) is 7.63. The minimum Gasteiger partial charge on any atom is -0.457 e. The van der Waals surface area contributed by atoms with E-state index in [2.05, 4.69) is 5.32 Å². The number of nitrogens with one attached hydrogen (secondary N) is 1. The minimum atomic E-state index is -4.02. The summed E-state index contributed by atoms with van der Waals surface area (Å²) >= 11 is 5.19. The maximum absolute atomic E-state index is 13.3. The smallest absolute Gasteiger partial charge is 0.306 e. The molecule has 3 aromatic rings. The van der Waals surface area contributed by atoms with E-state index in [4.69, 9.17) is 21.1 Å². The first-order valence-corrected chi connectivity index (χ1v) is 12.7. The third-order valence-corrected chi connectivity index (χ3v) is 5.69. The molecule has 2 amide bonds. The third kappa shape index (κ3) is 5.97. The number of carbonyl (C=O) groups excluding carboxylic acids is 2. The summed E-state index contributed by atoms with van der Waals surface area (Å²) in [5.74, 6) is -0.900. The van der Waals surface area contributed by atoms with Crippen molar-refractivity contribution in [3.63, 3.8) is 0 Å². The van der Waals surface area contributed by atoms with Crippen LogP contribution in [-0.4, -0.2) is 36.5 Å². The van der Waals surface area contributed by atoms with Gasteiger partial charge in [0.05, 0.1) is 16.9 Å². The lowest BCUT2D eigenvalue weighted by Gasteiger charge is -2.29. The molecule has 188 valence electrons. The first-order chi connectivity index (χ1) is 17.5. The predicted molar refractivity (Wildman–Crippen MR) is 138 cm³/mol. The number of thiocarbonyl (C=S) groups is 1. The highest BCUT2D eigenvalue weighted by Gasteiger charge is 2.35. The number of nitro groups is 1. The molecule has 1 fully saturated rings. The molecule has 3 aromatic carbocycles. The summed E-state index contributed by atoms with van der Waals surface area (Å²) in [6, 6.07) is 18.5. The van der Waals surface area contributed by atoms with Crippen LogP contribution in [0.1, 0.15) is 5.56 Å². The Bertz CT molecular complexity index is 1550. The average molecular weight is 540 g/mol. The molecule has 13 heteroatoms. The van der Waals surface area contributed by atoms with E-state index in [1.807, 2.05) is 18.2 Å². The molecule has 0 saturated carbocycles. The lowest BCUT2D eigenvalue weighted by Crippen LogP contribution is -2.54. The van der Waals surface area contributed by atoms with Crippen LogP contribution in [0.5, 0.6) is 17.2 Å². The highest BCUT2D eigenvalue weighted by atomic mass is 32.2. The summed E-state index contributed by atoms with van der Waals surface area (Å²) in [4.78, 5) is 37.6. The Balaban J connectivity index is 1.69. The van der Waals surface area contributed by atoms with Crippen LogP contribution in [0.15, 0.2) is 78.4 Å². The van der Waals surface area contributed by atoms with Gasteiger partial charge in [0.2, 0.25) is 0 Å². The molecule has 4 rings (SSSR count). The van der Waals surface area contributed by atoms with Gasteiger partial charge in [-0.1, -0.05) is 18.2 Å². The molecule has 1 aliphatic heterocycles. The highest BCUT2D eigenvalue weighted by molar-refractivity contribution is 7.86. The van der Waals surface area contributed by atoms with Crippen molar-refractivity contribution in [1.29, 1.82) is 0 Å². The summed E-state index contributed by atoms with van der Waals surface area (Å²) in [6.07, 6.45) is 1.79. The van der Waals surface area contributed by atoms with Gasteiger partial charge in [0.25, 0.3) is 17.5 Å². The Hall–Kier alpha value is -4.62. The van der Waals surface area contributed by atoms with E-state index in [1.165, 1.54) is 0 Å². The highest BCUT2D eigenvalue weighted by Crippen LogP contribution is 2.30. The van der Waals surface area contributed by atoms with Crippen LogP contribution < -0.4 is 19.1 Å². The van der Waals surface area contributed by atoms with Gasteiger partial charge in [-0.05, 0) is 60.8 Å².